The molecule has 23 heavy (non-hydrogen) atoms. The lowest BCUT2D eigenvalue weighted by Gasteiger charge is -2.12. The van der Waals surface area contributed by atoms with Crippen LogP contribution in [0.5, 0.6) is 0 Å². The predicted molar refractivity (Wildman–Crippen MR) is 81.0 cm³/mol. The summed E-state index contributed by atoms with van der Waals surface area (Å²) < 4.78 is 9.78. The molecule has 126 valence electrons. The zero-order valence-corrected chi connectivity index (χ0v) is 13.3. The Labute approximate surface area is 134 Å². The first kappa shape index (κ1) is 18.6. The first-order valence-electron chi connectivity index (χ1n) is 7.41. The number of rotatable bonds is 8. The number of nitrogens with one attached hydrogen (secondary N) is 1. The van der Waals surface area contributed by atoms with Crippen molar-refractivity contribution in [2.45, 2.75) is 33.1 Å². The summed E-state index contributed by atoms with van der Waals surface area (Å²) in [5.74, 6) is -1.75. The fraction of sp³-hybridized carbons (Fsp3) is 0.500. The van der Waals surface area contributed by atoms with Crippen molar-refractivity contribution in [3.05, 3.63) is 23.8 Å². The third kappa shape index (κ3) is 8.55. The first-order valence-corrected chi connectivity index (χ1v) is 7.41. The van der Waals surface area contributed by atoms with Gasteiger partial charge >= 0.3 is 11.9 Å². The number of imide groups is 1. The number of carbonyl (C=O) groups is 4. The van der Waals surface area contributed by atoms with Gasteiger partial charge in [-0.25, -0.2) is 9.59 Å². The molecule has 0 spiro atoms. The topological polar surface area (TPSA) is 98.8 Å². The lowest BCUT2D eigenvalue weighted by Crippen LogP contribution is -2.32. The second kappa shape index (κ2) is 9.55. The van der Waals surface area contributed by atoms with Crippen LogP contribution in [0, 0.1) is 5.92 Å². The molecule has 1 N–H and O–H groups in total. The standard InChI is InChI=1S/C16H21NO6/c1-11(2)10-23-16(21)6-5-15(20)22-7-3-4-12-8-13(18)17-14(19)9-12/h5-6,8,11H,3-4,7,9-10H2,1-2H3,(H,17,18,19)/b6-5+. The Morgan fingerprint density at radius 2 is 1.87 bits per heavy atom. The van der Waals surface area contributed by atoms with E-state index in [0.29, 0.717) is 25.0 Å². The number of esters is 2. The van der Waals surface area contributed by atoms with Gasteiger partial charge in [-0.1, -0.05) is 19.4 Å². The van der Waals surface area contributed by atoms with Gasteiger partial charge < -0.3 is 9.47 Å². The molecule has 0 fully saturated rings. The minimum absolute atomic E-state index is 0.136. The molecule has 7 heteroatoms. The van der Waals surface area contributed by atoms with Crippen LogP contribution >= 0.6 is 0 Å². The molecule has 1 heterocycles. The van der Waals surface area contributed by atoms with Crippen LogP contribution < -0.4 is 5.32 Å². The van der Waals surface area contributed by atoms with E-state index in [1.54, 1.807) is 0 Å². The van der Waals surface area contributed by atoms with E-state index in [-0.39, 0.29) is 24.9 Å². The number of amides is 2. The minimum atomic E-state index is -0.641. The highest BCUT2D eigenvalue weighted by atomic mass is 16.5. The lowest BCUT2D eigenvalue weighted by atomic mass is 10.0. The Morgan fingerprint density at radius 1 is 1.22 bits per heavy atom. The maximum absolute atomic E-state index is 11.4. The third-order valence-electron chi connectivity index (χ3n) is 2.79. The largest absolute Gasteiger partial charge is 0.463 e. The van der Waals surface area contributed by atoms with E-state index in [1.807, 2.05) is 13.8 Å². The summed E-state index contributed by atoms with van der Waals surface area (Å²) in [7, 11) is 0. The average molecular weight is 323 g/mol. The smallest absolute Gasteiger partial charge is 0.331 e. The van der Waals surface area contributed by atoms with Gasteiger partial charge in [0, 0.05) is 24.6 Å². The molecule has 0 aromatic heterocycles. The molecular formula is C16H21NO6. The number of ether oxygens (including phenoxy) is 2. The van der Waals surface area contributed by atoms with E-state index < -0.39 is 17.8 Å². The van der Waals surface area contributed by atoms with Gasteiger partial charge in [-0.2, -0.15) is 0 Å². The summed E-state index contributed by atoms with van der Waals surface area (Å²) in [6.07, 6.45) is 4.59. The van der Waals surface area contributed by atoms with Crippen LogP contribution in [0.2, 0.25) is 0 Å². The molecule has 1 aliphatic rings. The molecule has 0 unspecified atom stereocenters. The minimum Gasteiger partial charge on any atom is -0.463 e. The maximum atomic E-state index is 11.4. The summed E-state index contributed by atoms with van der Waals surface area (Å²) in [6.45, 7) is 4.24. The molecule has 1 aliphatic heterocycles. The van der Waals surface area contributed by atoms with Gasteiger partial charge in [-0.05, 0) is 18.8 Å². The van der Waals surface area contributed by atoms with Gasteiger partial charge in [0.05, 0.1) is 13.2 Å². The molecule has 0 radical (unpaired) electrons. The summed E-state index contributed by atoms with van der Waals surface area (Å²) >= 11 is 0. The summed E-state index contributed by atoms with van der Waals surface area (Å²) in [5, 5.41) is 2.17. The molecule has 0 saturated heterocycles. The quantitative estimate of drug-likeness (QED) is 0.310. The van der Waals surface area contributed by atoms with E-state index >= 15 is 0 Å². The monoisotopic (exact) mass is 323 g/mol. The van der Waals surface area contributed by atoms with Gasteiger partial charge in [0.15, 0.2) is 0 Å². The zero-order chi connectivity index (χ0) is 17.2. The average Bonchev–Trinajstić information content (AvgIpc) is 2.46. The van der Waals surface area contributed by atoms with Gasteiger partial charge in [0.25, 0.3) is 5.91 Å². The second-order valence-corrected chi connectivity index (χ2v) is 5.52. The molecule has 1 rings (SSSR count). The van der Waals surface area contributed by atoms with Crippen LogP contribution in [-0.4, -0.2) is 37.0 Å². The van der Waals surface area contributed by atoms with Crippen LogP contribution in [-0.2, 0) is 28.7 Å². The van der Waals surface area contributed by atoms with Gasteiger partial charge in [0.1, 0.15) is 0 Å². The number of hydrogen-bond donors (Lipinski definition) is 1. The molecule has 0 bridgehead atoms. The molecule has 0 aliphatic carbocycles. The fourth-order valence-corrected chi connectivity index (χ4v) is 1.77. The Kier molecular flexibility index (Phi) is 7.73. The van der Waals surface area contributed by atoms with Crippen LogP contribution in [0.3, 0.4) is 0 Å². The normalized spacial score (nSPS) is 14.7. The van der Waals surface area contributed by atoms with Crippen molar-refractivity contribution in [1.29, 1.82) is 0 Å². The van der Waals surface area contributed by atoms with Crippen molar-refractivity contribution < 1.29 is 28.7 Å². The summed E-state index contributed by atoms with van der Waals surface area (Å²) in [5.41, 5.74) is 0.711. The van der Waals surface area contributed by atoms with Gasteiger partial charge in [-0.3, -0.25) is 14.9 Å². The molecule has 0 aromatic carbocycles. The summed E-state index contributed by atoms with van der Waals surface area (Å²) in [6, 6.07) is 0. The van der Waals surface area contributed by atoms with Crippen LogP contribution in [0.1, 0.15) is 33.1 Å². The number of hydrogen-bond acceptors (Lipinski definition) is 6. The lowest BCUT2D eigenvalue weighted by molar-refractivity contribution is -0.141. The van der Waals surface area contributed by atoms with Crippen molar-refractivity contribution in [3.8, 4) is 0 Å². The van der Waals surface area contributed by atoms with Crippen molar-refractivity contribution in [1.82, 2.24) is 5.32 Å². The van der Waals surface area contributed by atoms with Crippen molar-refractivity contribution >= 4 is 23.8 Å². The Hall–Kier alpha value is -2.44. The highest BCUT2D eigenvalue weighted by molar-refractivity contribution is 6.05. The third-order valence-corrected chi connectivity index (χ3v) is 2.79. The molecular weight excluding hydrogens is 302 g/mol. The van der Waals surface area contributed by atoms with E-state index in [0.717, 1.165) is 12.2 Å². The highest BCUT2D eigenvalue weighted by Crippen LogP contribution is 2.13. The van der Waals surface area contributed by atoms with Crippen LogP contribution in [0.25, 0.3) is 0 Å². The van der Waals surface area contributed by atoms with Crippen LogP contribution in [0.4, 0.5) is 0 Å². The van der Waals surface area contributed by atoms with Crippen molar-refractivity contribution in [2.75, 3.05) is 13.2 Å². The Bertz CT molecular complexity index is 533. The molecule has 0 saturated carbocycles. The van der Waals surface area contributed by atoms with E-state index in [2.05, 4.69) is 5.32 Å². The first-order chi connectivity index (χ1) is 10.9. The predicted octanol–water partition coefficient (Wildman–Crippen LogP) is 1.04. The Balaban J connectivity index is 2.20. The highest BCUT2D eigenvalue weighted by Gasteiger charge is 2.15. The van der Waals surface area contributed by atoms with Gasteiger partial charge in [-0.15, -0.1) is 0 Å². The Morgan fingerprint density at radius 3 is 2.48 bits per heavy atom. The van der Waals surface area contributed by atoms with Crippen molar-refractivity contribution in [3.63, 3.8) is 0 Å². The SMILES string of the molecule is CC(C)COC(=O)/C=C/C(=O)OCCCC1=CC(=O)NC(=O)C1. The van der Waals surface area contributed by atoms with Crippen LogP contribution in [0.15, 0.2) is 23.8 Å². The second-order valence-electron chi connectivity index (χ2n) is 5.52. The molecule has 0 atom stereocenters. The van der Waals surface area contributed by atoms with Crippen molar-refractivity contribution in [2.24, 2.45) is 5.92 Å². The summed E-state index contributed by atoms with van der Waals surface area (Å²) in [4.78, 5) is 44.9. The van der Waals surface area contributed by atoms with E-state index in [1.165, 1.54) is 6.08 Å². The maximum Gasteiger partial charge on any atom is 0.331 e. The number of carbonyl (C=O) groups excluding carboxylic acids is 4. The molecule has 2 amide bonds. The van der Waals surface area contributed by atoms with E-state index in [4.69, 9.17) is 9.47 Å². The zero-order valence-electron chi connectivity index (χ0n) is 13.3. The van der Waals surface area contributed by atoms with Gasteiger partial charge in [0.2, 0.25) is 5.91 Å². The molecule has 7 nitrogen and oxygen atoms in total. The fourth-order valence-electron chi connectivity index (χ4n) is 1.77. The molecule has 0 aromatic rings. The van der Waals surface area contributed by atoms with E-state index in [9.17, 15) is 19.2 Å².